The quantitative estimate of drug-likeness (QED) is 0.214. The molecular weight excluding hydrogens is 602 g/mol. The number of alkyl halides is 6. The molecule has 6 rings (SSSR count). The van der Waals surface area contributed by atoms with Crippen molar-refractivity contribution in [3.05, 3.63) is 115 Å². The van der Waals surface area contributed by atoms with Crippen molar-refractivity contribution in [2.24, 2.45) is 0 Å². The van der Waals surface area contributed by atoms with Crippen LogP contribution in [0, 0.1) is 13.8 Å². The fourth-order valence-corrected chi connectivity index (χ4v) is 7.42. The Labute approximate surface area is 264 Å². The van der Waals surface area contributed by atoms with Crippen molar-refractivity contribution in [3.8, 4) is 22.6 Å². The molecule has 4 aromatic carbocycles. The van der Waals surface area contributed by atoms with Crippen molar-refractivity contribution in [1.29, 1.82) is 0 Å². The van der Waals surface area contributed by atoms with Gasteiger partial charge in [0, 0.05) is 24.0 Å². The number of hydrogen-bond donors (Lipinski definition) is 2. The van der Waals surface area contributed by atoms with Crippen LogP contribution in [-0.2, 0) is 50.9 Å². The molecule has 4 aromatic rings. The van der Waals surface area contributed by atoms with Gasteiger partial charge in [-0.25, -0.2) is 0 Å². The van der Waals surface area contributed by atoms with E-state index in [9.17, 15) is 36.6 Å². The number of fused-ring (bicyclic) bond motifs is 2. The number of benzene rings is 4. The summed E-state index contributed by atoms with van der Waals surface area (Å²) < 4.78 is 81.9. The highest BCUT2D eigenvalue weighted by Gasteiger charge is 2.33. The van der Waals surface area contributed by atoms with Crippen molar-refractivity contribution >= 4 is 0 Å². The Morgan fingerprint density at radius 2 is 0.891 bits per heavy atom. The van der Waals surface area contributed by atoms with Crippen LogP contribution in [0.5, 0.6) is 11.5 Å². The second kappa shape index (κ2) is 12.0. The monoisotopic (exact) mass is 638 g/mol. The topological polar surface area (TPSA) is 40.5 Å². The minimum absolute atomic E-state index is 0.0640. The molecule has 0 heterocycles. The van der Waals surface area contributed by atoms with Crippen LogP contribution >= 0.6 is 0 Å². The Bertz CT molecular complexity index is 1680. The second-order valence-electron chi connectivity index (χ2n) is 13.0. The predicted molar refractivity (Wildman–Crippen MR) is 166 cm³/mol. The van der Waals surface area contributed by atoms with Gasteiger partial charge in [0.15, 0.2) is 0 Å². The smallest absolute Gasteiger partial charge is 0.416 e. The summed E-state index contributed by atoms with van der Waals surface area (Å²) in [6, 6.07) is 11.6. The van der Waals surface area contributed by atoms with Gasteiger partial charge in [-0.15, -0.1) is 0 Å². The van der Waals surface area contributed by atoms with E-state index in [1.165, 1.54) is 0 Å². The Balaban J connectivity index is 1.53. The molecule has 0 spiro atoms. The Morgan fingerprint density at radius 3 is 1.26 bits per heavy atom. The van der Waals surface area contributed by atoms with E-state index in [4.69, 9.17) is 0 Å². The van der Waals surface area contributed by atoms with E-state index in [0.29, 0.717) is 57.3 Å². The van der Waals surface area contributed by atoms with Gasteiger partial charge in [-0.1, -0.05) is 35.4 Å². The van der Waals surface area contributed by atoms with Crippen LogP contribution in [0.3, 0.4) is 0 Å². The van der Waals surface area contributed by atoms with Crippen LogP contribution < -0.4 is 0 Å². The fourth-order valence-electron chi connectivity index (χ4n) is 7.42. The first-order chi connectivity index (χ1) is 21.7. The molecule has 0 saturated carbocycles. The van der Waals surface area contributed by atoms with Crippen LogP contribution in [0.4, 0.5) is 26.3 Å². The molecule has 0 fully saturated rings. The third-order valence-electron chi connectivity index (χ3n) is 9.37. The third-order valence-corrected chi connectivity index (χ3v) is 9.37. The molecule has 2 N–H and O–H groups in total. The number of halogens is 6. The standard InChI is InChI=1S/C38H36F6O2/c1-21-11-23(17-29(13-21)37(39,40)41)15-27-19-25-7-3-5-9-31(25)33(35(27)45)34-32-10-6-4-8-26(32)20-28(36(34)46)16-24-12-22(2)14-30(18-24)38(42,43)44/h11-14,17-20,45-46H,3-10,15-16H2,1-2H3. The van der Waals surface area contributed by atoms with Crippen molar-refractivity contribution in [2.75, 3.05) is 0 Å². The highest BCUT2D eigenvalue weighted by molar-refractivity contribution is 5.85. The molecule has 0 aliphatic heterocycles. The van der Waals surface area contributed by atoms with E-state index in [2.05, 4.69) is 0 Å². The van der Waals surface area contributed by atoms with Crippen LogP contribution in [0.2, 0.25) is 0 Å². The first-order valence-corrected chi connectivity index (χ1v) is 15.8. The molecule has 242 valence electrons. The van der Waals surface area contributed by atoms with E-state index in [1.54, 1.807) is 26.0 Å². The number of phenolic OH excluding ortho intramolecular Hbond substituents is 2. The van der Waals surface area contributed by atoms with E-state index in [1.807, 2.05) is 12.1 Å². The molecule has 46 heavy (non-hydrogen) atoms. The van der Waals surface area contributed by atoms with Crippen molar-refractivity contribution < 1.29 is 36.6 Å². The number of phenols is 2. The average Bonchev–Trinajstić information content (AvgIpc) is 2.97. The molecule has 2 aliphatic carbocycles. The first-order valence-electron chi connectivity index (χ1n) is 15.8. The van der Waals surface area contributed by atoms with E-state index in [-0.39, 0.29) is 24.3 Å². The summed E-state index contributed by atoms with van der Waals surface area (Å²) in [7, 11) is 0. The minimum Gasteiger partial charge on any atom is -0.507 e. The summed E-state index contributed by atoms with van der Waals surface area (Å²) >= 11 is 0. The molecule has 0 amide bonds. The first kappa shape index (κ1) is 32.0. The highest BCUT2D eigenvalue weighted by Crippen LogP contribution is 2.49. The van der Waals surface area contributed by atoms with Gasteiger partial charge < -0.3 is 10.2 Å². The molecule has 0 aromatic heterocycles. The maximum atomic E-state index is 13.6. The van der Waals surface area contributed by atoms with Gasteiger partial charge in [0.25, 0.3) is 0 Å². The number of aryl methyl sites for hydroxylation is 4. The van der Waals surface area contributed by atoms with Crippen LogP contribution in [0.25, 0.3) is 11.1 Å². The van der Waals surface area contributed by atoms with Crippen LogP contribution in [0.1, 0.15) is 92.4 Å². The third kappa shape index (κ3) is 6.36. The number of aromatic hydroxyl groups is 2. The maximum Gasteiger partial charge on any atom is 0.416 e. The van der Waals surface area contributed by atoms with Gasteiger partial charge in [-0.3, -0.25) is 0 Å². The number of rotatable bonds is 5. The molecule has 0 saturated heterocycles. The summed E-state index contributed by atoms with van der Waals surface area (Å²) in [4.78, 5) is 0. The minimum atomic E-state index is -4.51. The van der Waals surface area contributed by atoms with Crippen molar-refractivity contribution in [2.45, 2.75) is 90.4 Å². The lowest BCUT2D eigenvalue weighted by Crippen LogP contribution is -2.12. The lowest BCUT2D eigenvalue weighted by Gasteiger charge is -2.28. The fraction of sp³-hybridized carbons (Fsp3) is 0.368. The van der Waals surface area contributed by atoms with Crippen LogP contribution in [0.15, 0.2) is 48.5 Å². The number of hydrogen-bond acceptors (Lipinski definition) is 2. The zero-order valence-corrected chi connectivity index (χ0v) is 25.9. The maximum absolute atomic E-state index is 13.6. The zero-order chi connectivity index (χ0) is 33.0. The van der Waals surface area contributed by atoms with Gasteiger partial charge in [-0.2, -0.15) is 26.3 Å². The second-order valence-corrected chi connectivity index (χ2v) is 13.0. The summed E-state index contributed by atoms with van der Waals surface area (Å²) in [5.41, 5.74) is 6.10. The van der Waals surface area contributed by atoms with Crippen molar-refractivity contribution in [3.63, 3.8) is 0 Å². The van der Waals surface area contributed by atoms with E-state index < -0.39 is 23.5 Å². The van der Waals surface area contributed by atoms with Gasteiger partial charge >= 0.3 is 12.4 Å². The lowest BCUT2D eigenvalue weighted by atomic mass is 9.77. The highest BCUT2D eigenvalue weighted by atomic mass is 19.4. The molecule has 8 heteroatoms. The molecular formula is C38H36F6O2. The molecule has 2 nitrogen and oxygen atoms in total. The molecule has 0 radical (unpaired) electrons. The molecule has 2 aliphatic rings. The Hall–Kier alpha value is -3.94. The van der Waals surface area contributed by atoms with Crippen LogP contribution in [-0.4, -0.2) is 10.2 Å². The normalized spacial score (nSPS) is 15.0. The van der Waals surface area contributed by atoms with E-state index in [0.717, 1.165) is 85.0 Å². The average molecular weight is 639 g/mol. The summed E-state index contributed by atoms with van der Waals surface area (Å²) in [6.07, 6.45) is -2.41. The predicted octanol–water partition coefficient (Wildman–Crippen LogP) is 10.4. The molecule has 0 unspecified atom stereocenters. The van der Waals surface area contributed by atoms with E-state index >= 15 is 0 Å². The molecule has 0 atom stereocenters. The summed E-state index contributed by atoms with van der Waals surface area (Å²) in [5.74, 6) is -0.128. The zero-order valence-electron chi connectivity index (χ0n) is 25.9. The van der Waals surface area contributed by atoms with Crippen molar-refractivity contribution in [1.82, 2.24) is 0 Å². The van der Waals surface area contributed by atoms with Gasteiger partial charge in [0.05, 0.1) is 11.1 Å². The summed E-state index contributed by atoms with van der Waals surface area (Å²) in [6.45, 7) is 3.22. The largest absolute Gasteiger partial charge is 0.507 e. The summed E-state index contributed by atoms with van der Waals surface area (Å²) in [5, 5.41) is 23.9. The lowest BCUT2D eigenvalue weighted by molar-refractivity contribution is -0.138. The molecule has 0 bridgehead atoms. The Morgan fingerprint density at radius 1 is 0.522 bits per heavy atom. The van der Waals surface area contributed by atoms with Gasteiger partial charge in [0.2, 0.25) is 0 Å². The SMILES string of the molecule is Cc1cc(Cc2cc3c(c(-c4c(O)c(Cc5cc(C)cc(C(F)(F)F)c5)cc5c4CCCC5)c2O)CCCC3)cc(C(F)(F)F)c1. The Kier molecular flexibility index (Phi) is 8.36. The van der Waals surface area contributed by atoms with Gasteiger partial charge in [0.1, 0.15) is 11.5 Å². The van der Waals surface area contributed by atoms with Gasteiger partial charge in [-0.05, 0) is 134 Å².